The highest BCUT2D eigenvalue weighted by molar-refractivity contribution is 7.89. The smallest absolute Gasteiger partial charge is 0.251 e. The van der Waals surface area contributed by atoms with E-state index in [9.17, 15) is 13.2 Å². The number of rotatable bonds is 6. The summed E-state index contributed by atoms with van der Waals surface area (Å²) in [5, 5.41) is 2.90. The molecule has 0 saturated heterocycles. The van der Waals surface area contributed by atoms with Gasteiger partial charge >= 0.3 is 0 Å². The first kappa shape index (κ1) is 20.2. The van der Waals surface area contributed by atoms with Gasteiger partial charge < -0.3 is 10.1 Å². The van der Waals surface area contributed by atoms with E-state index in [2.05, 4.69) is 29.6 Å². The van der Waals surface area contributed by atoms with Crippen molar-refractivity contribution in [3.8, 4) is 16.9 Å². The lowest BCUT2D eigenvalue weighted by molar-refractivity contribution is 0.0951. The van der Waals surface area contributed by atoms with Gasteiger partial charge in [-0.25, -0.2) is 8.42 Å². The second kappa shape index (κ2) is 8.32. The van der Waals surface area contributed by atoms with Crippen LogP contribution in [0.3, 0.4) is 0 Å². The van der Waals surface area contributed by atoms with E-state index in [1.807, 2.05) is 18.2 Å². The topological polar surface area (TPSA) is 72.5 Å². The Morgan fingerprint density at radius 3 is 2.30 bits per heavy atom. The molecule has 0 aliphatic carbocycles. The highest BCUT2D eigenvalue weighted by atomic mass is 32.2. The molecule has 6 heteroatoms. The maximum atomic E-state index is 12.4. The molecular formula is C24H23NO4S. The summed E-state index contributed by atoms with van der Waals surface area (Å²) in [7, 11) is -3.09. The molecule has 1 amide bonds. The van der Waals surface area contributed by atoms with Crippen LogP contribution in [0.1, 0.15) is 27.0 Å². The third-order valence-corrected chi connectivity index (χ3v) is 5.93. The van der Waals surface area contributed by atoms with E-state index in [0.717, 1.165) is 35.5 Å². The molecule has 0 aromatic heterocycles. The number of sulfone groups is 1. The molecule has 30 heavy (non-hydrogen) atoms. The van der Waals surface area contributed by atoms with Crippen LogP contribution in [0.5, 0.6) is 5.75 Å². The van der Waals surface area contributed by atoms with Crippen LogP contribution >= 0.6 is 0 Å². The average molecular weight is 422 g/mol. The van der Waals surface area contributed by atoms with E-state index >= 15 is 0 Å². The molecule has 0 saturated carbocycles. The summed E-state index contributed by atoms with van der Waals surface area (Å²) in [5.74, 6) is 0.754. The highest BCUT2D eigenvalue weighted by Crippen LogP contribution is 2.30. The van der Waals surface area contributed by atoms with Crippen LogP contribution in [0, 0.1) is 0 Å². The Bertz CT molecular complexity index is 1170. The van der Waals surface area contributed by atoms with E-state index in [1.54, 1.807) is 24.3 Å². The van der Waals surface area contributed by atoms with Crippen LogP contribution in [-0.2, 0) is 28.6 Å². The SMILES string of the molecule is CS(=O)(=O)Cc1ccc(C(=O)NCc2ccc(-c3ccc4c(c3)CCO4)cc2)cc1. The number of ether oxygens (including phenoxy) is 1. The molecular weight excluding hydrogens is 398 g/mol. The highest BCUT2D eigenvalue weighted by Gasteiger charge is 2.13. The molecule has 1 aliphatic heterocycles. The third kappa shape index (κ3) is 4.89. The maximum absolute atomic E-state index is 12.4. The molecule has 0 spiro atoms. The molecule has 0 bridgehead atoms. The van der Waals surface area contributed by atoms with E-state index in [-0.39, 0.29) is 11.7 Å². The van der Waals surface area contributed by atoms with Gasteiger partial charge in [0, 0.05) is 24.8 Å². The van der Waals surface area contributed by atoms with Gasteiger partial charge in [-0.15, -0.1) is 0 Å². The molecule has 4 rings (SSSR count). The summed E-state index contributed by atoms with van der Waals surface area (Å²) < 4.78 is 28.3. The van der Waals surface area contributed by atoms with Gasteiger partial charge in [0.25, 0.3) is 5.91 Å². The van der Waals surface area contributed by atoms with Crippen LogP contribution in [0.25, 0.3) is 11.1 Å². The summed E-state index contributed by atoms with van der Waals surface area (Å²) in [5.41, 5.74) is 5.70. The van der Waals surface area contributed by atoms with Crippen LogP contribution in [0.4, 0.5) is 0 Å². The quantitative estimate of drug-likeness (QED) is 0.658. The summed E-state index contributed by atoms with van der Waals surface area (Å²) in [6, 6.07) is 21.0. The number of amides is 1. The number of carbonyl (C=O) groups is 1. The van der Waals surface area contributed by atoms with Crippen molar-refractivity contribution in [3.05, 3.63) is 89.0 Å². The lowest BCUT2D eigenvalue weighted by Gasteiger charge is -2.08. The molecule has 1 N–H and O–H groups in total. The molecule has 3 aromatic carbocycles. The fourth-order valence-electron chi connectivity index (χ4n) is 3.52. The van der Waals surface area contributed by atoms with Gasteiger partial charge in [0.05, 0.1) is 12.4 Å². The van der Waals surface area contributed by atoms with Crippen molar-refractivity contribution in [2.24, 2.45) is 0 Å². The number of hydrogen-bond acceptors (Lipinski definition) is 4. The second-order valence-electron chi connectivity index (χ2n) is 7.57. The summed E-state index contributed by atoms with van der Waals surface area (Å²) in [6.07, 6.45) is 2.14. The Balaban J connectivity index is 1.36. The van der Waals surface area contributed by atoms with Crippen molar-refractivity contribution in [1.29, 1.82) is 0 Å². The molecule has 1 heterocycles. The zero-order valence-corrected chi connectivity index (χ0v) is 17.5. The molecule has 0 radical (unpaired) electrons. The second-order valence-corrected chi connectivity index (χ2v) is 9.71. The number of nitrogens with one attached hydrogen (secondary N) is 1. The number of carbonyl (C=O) groups excluding carboxylic acids is 1. The lowest BCUT2D eigenvalue weighted by Crippen LogP contribution is -2.22. The Morgan fingerprint density at radius 1 is 0.933 bits per heavy atom. The molecule has 3 aromatic rings. The predicted octanol–water partition coefficient (Wildman–Crippen LogP) is 3.76. The lowest BCUT2D eigenvalue weighted by atomic mass is 10.0. The minimum Gasteiger partial charge on any atom is -0.493 e. The molecule has 0 atom stereocenters. The number of benzene rings is 3. The molecule has 0 fully saturated rings. The third-order valence-electron chi connectivity index (χ3n) is 5.07. The zero-order valence-electron chi connectivity index (χ0n) is 16.7. The van der Waals surface area contributed by atoms with E-state index in [4.69, 9.17) is 4.74 Å². The monoisotopic (exact) mass is 421 g/mol. The fourth-order valence-corrected chi connectivity index (χ4v) is 4.32. The van der Waals surface area contributed by atoms with E-state index in [1.165, 1.54) is 11.8 Å². The van der Waals surface area contributed by atoms with Gasteiger partial charge in [0.15, 0.2) is 9.84 Å². The summed E-state index contributed by atoms with van der Waals surface area (Å²) in [6.45, 7) is 1.17. The Morgan fingerprint density at radius 2 is 1.60 bits per heavy atom. The minimum absolute atomic E-state index is 0.0293. The van der Waals surface area contributed by atoms with Crippen molar-refractivity contribution < 1.29 is 17.9 Å². The Hall–Kier alpha value is -3.12. The van der Waals surface area contributed by atoms with Crippen molar-refractivity contribution in [2.75, 3.05) is 12.9 Å². The Kier molecular flexibility index (Phi) is 5.59. The predicted molar refractivity (Wildman–Crippen MR) is 117 cm³/mol. The van der Waals surface area contributed by atoms with Gasteiger partial charge in [-0.05, 0) is 52.1 Å². The summed E-state index contributed by atoms with van der Waals surface area (Å²) in [4.78, 5) is 12.4. The first-order chi connectivity index (χ1) is 14.4. The van der Waals surface area contributed by atoms with Gasteiger partial charge in [-0.2, -0.15) is 0 Å². The van der Waals surface area contributed by atoms with Gasteiger partial charge in [0.1, 0.15) is 5.75 Å². The first-order valence-electron chi connectivity index (χ1n) is 9.77. The Labute approximate surface area is 176 Å². The van der Waals surface area contributed by atoms with E-state index in [0.29, 0.717) is 17.7 Å². The van der Waals surface area contributed by atoms with Gasteiger partial charge in [-0.3, -0.25) is 4.79 Å². The van der Waals surface area contributed by atoms with Crippen LogP contribution < -0.4 is 10.1 Å². The fraction of sp³-hybridized carbons (Fsp3) is 0.208. The van der Waals surface area contributed by atoms with E-state index < -0.39 is 9.84 Å². The van der Waals surface area contributed by atoms with Crippen LogP contribution in [0.2, 0.25) is 0 Å². The summed E-state index contributed by atoms with van der Waals surface area (Å²) >= 11 is 0. The van der Waals surface area contributed by atoms with Gasteiger partial charge in [0.2, 0.25) is 0 Å². The molecule has 1 aliphatic rings. The maximum Gasteiger partial charge on any atom is 0.251 e. The molecule has 154 valence electrons. The van der Waals surface area contributed by atoms with Gasteiger partial charge in [-0.1, -0.05) is 42.5 Å². The molecule has 5 nitrogen and oxygen atoms in total. The van der Waals surface area contributed by atoms with Crippen LogP contribution in [-0.4, -0.2) is 27.2 Å². The van der Waals surface area contributed by atoms with Crippen molar-refractivity contribution in [3.63, 3.8) is 0 Å². The van der Waals surface area contributed by atoms with Crippen molar-refractivity contribution >= 4 is 15.7 Å². The average Bonchev–Trinajstić information content (AvgIpc) is 3.20. The van der Waals surface area contributed by atoms with Crippen LogP contribution in [0.15, 0.2) is 66.7 Å². The largest absolute Gasteiger partial charge is 0.493 e. The van der Waals surface area contributed by atoms with Crippen molar-refractivity contribution in [1.82, 2.24) is 5.32 Å². The first-order valence-corrected chi connectivity index (χ1v) is 11.8. The number of hydrogen-bond donors (Lipinski definition) is 1. The zero-order chi connectivity index (χ0) is 21.1. The standard InChI is InChI=1S/C24H23NO4S/c1-30(27,28)16-18-4-8-20(9-5-18)24(26)25-15-17-2-6-19(7-3-17)21-10-11-23-22(14-21)12-13-29-23/h2-11,14H,12-13,15-16H2,1H3,(H,25,26). The number of fused-ring (bicyclic) bond motifs is 1. The minimum atomic E-state index is -3.09. The normalized spacial score (nSPS) is 12.8. The van der Waals surface area contributed by atoms with Crippen molar-refractivity contribution in [2.45, 2.75) is 18.7 Å². The molecule has 0 unspecified atom stereocenters.